The summed E-state index contributed by atoms with van der Waals surface area (Å²) in [4.78, 5) is 22.2. The Bertz CT molecular complexity index is 266. The third-order valence-electron chi connectivity index (χ3n) is 2.95. The van der Waals surface area contributed by atoms with Gasteiger partial charge in [-0.15, -0.1) is 0 Å². The van der Waals surface area contributed by atoms with Crippen molar-refractivity contribution in [2.24, 2.45) is 5.41 Å². The zero-order valence-electron chi connectivity index (χ0n) is 8.61. The average molecular weight is 212 g/mol. The van der Waals surface area contributed by atoms with Gasteiger partial charge in [-0.3, -0.25) is 9.59 Å². The lowest BCUT2D eigenvalue weighted by Crippen LogP contribution is -2.39. The van der Waals surface area contributed by atoms with Crippen molar-refractivity contribution in [3.8, 4) is 0 Å². The van der Waals surface area contributed by atoms with Crippen LogP contribution in [0.2, 0.25) is 0 Å². The summed E-state index contributed by atoms with van der Waals surface area (Å²) in [5.74, 6) is -2.41. The van der Waals surface area contributed by atoms with E-state index in [2.05, 4.69) is 0 Å². The molecule has 0 unspecified atom stereocenters. The van der Waals surface area contributed by atoms with Crippen LogP contribution in [-0.4, -0.2) is 22.2 Å². The number of carboxylic acids is 2. The van der Waals surface area contributed by atoms with Gasteiger partial charge in [-0.1, -0.05) is 18.6 Å². The van der Waals surface area contributed by atoms with E-state index in [4.69, 9.17) is 10.2 Å². The van der Waals surface area contributed by atoms with Crippen LogP contribution in [0, 0.1) is 5.41 Å². The summed E-state index contributed by atoms with van der Waals surface area (Å²) in [5.41, 5.74) is -1.57. The zero-order valence-corrected chi connectivity index (χ0v) is 8.61. The molecule has 2 N–H and O–H groups in total. The van der Waals surface area contributed by atoms with Gasteiger partial charge in [0, 0.05) is 0 Å². The summed E-state index contributed by atoms with van der Waals surface area (Å²) in [6, 6.07) is 0. The lowest BCUT2D eigenvalue weighted by Gasteiger charge is -2.23. The Morgan fingerprint density at radius 2 is 1.53 bits per heavy atom. The molecule has 0 aromatic heterocycles. The monoisotopic (exact) mass is 212 g/mol. The molecule has 0 radical (unpaired) electrons. The van der Waals surface area contributed by atoms with E-state index in [9.17, 15) is 9.59 Å². The first-order valence-corrected chi connectivity index (χ1v) is 5.21. The molecule has 15 heavy (non-hydrogen) atoms. The Kier molecular flexibility index (Phi) is 3.88. The van der Waals surface area contributed by atoms with Gasteiger partial charge in [0.1, 0.15) is 0 Å². The minimum atomic E-state index is -1.57. The standard InChI is InChI=1S/C11H16O4/c12-9(13)11(10(14)15)7-5-3-1-2-4-6-8-11/h1,3H,2,4-8H2,(H,12,13)(H,14,15). The number of allylic oxidation sites excluding steroid dienone is 2. The Morgan fingerprint density at radius 1 is 0.933 bits per heavy atom. The summed E-state index contributed by atoms with van der Waals surface area (Å²) in [5, 5.41) is 18.1. The zero-order chi connectivity index (χ0) is 11.3. The van der Waals surface area contributed by atoms with Crippen LogP contribution in [0.25, 0.3) is 0 Å². The van der Waals surface area contributed by atoms with Crippen LogP contribution in [0.15, 0.2) is 12.2 Å². The van der Waals surface area contributed by atoms with E-state index in [-0.39, 0.29) is 12.8 Å². The van der Waals surface area contributed by atoms with Crippen molar-refractivity contribution in [2.45, 2.75) is 38.5 Å². The maximum absolute atomic E-state index is 11.1. The van der Waals surface area contributed by atoms with Gasteiger partial charge in [-0.25, -0.2) is 0 Å². The van der Waals surface area contributed by atoms with Crippen LogP contribution >= 0.6 is 0 Å². The van der Waals surface area contributed by atoms with E-state index in [0.717, 1.165) is 12.8 Å². The second-order valence-corrected chi connectivity index (χ2v) is 3.95. The van der Waals surface area contributed by atoms with E-state index in [1.54, 1.807) is 0 Å². The summed E-state index contributed by atoms with van der Waals surface area (Å²) in [6.45, 7) is 0. The molecular weight excluding hydrogens is 196 g/mol. The highest BCUT2D eigenvalue weighted by Crippen LogP contribution is 2.32. The van der Waals surface area contributed by atoms with Crippen LogP contribution in [0.1, 0.15) is 38.5 Å². The number of aliphatic carboxylic acids is 2. The summed E-state index contributed by atoms with van der Waals surface area (Å²) >= 11 is 0. The van der Waals surface area contributed by atoms with E-state index in [0.29, 0.717) is 12.8 Å². The molecule has 0 fully saturated rings. The fourth-order valence-corrected chi connectivity index (χ4v) is 1.90. The van der Waals surface area contributed by atoms with Crippen molar-refractivity contribution in [3.05, 3.63) is 12.2 Å². The van der Waals surface area contributed by atoms with Crippen LogP contribution in [-0.2, 0) is 9.59 Å². The quantitative estimate of drug-likeness (QED) is 0.542. The van der Waals surface area contributed by atoms with E-state index in [1.807, 2.05) is 12.2 Å². The van der Waals surface area contributed by atoms with Gasteiger partial charge in [0.15, 0.2) is 5.41 Å². The van der Waals surface area contributed by atoms with Gasteiger partial charge in [0.25, 0.3) is 0 Å². The van der Waals surface area contributed by atoms with Gasteiger partial charge in [0.2, 0.25) is 0 Å². The first kappa shape index (κ1) is 11.8. The number of hydrogen-bond acceptors (Lipinski definition) is 2. The van der Waals surface area contributed by atoms with Gasteiger partial charge in [-0.2, -0.15) is 0 Å². The summed E-state index contributed by atoms with van der Waals surface area (Å²) < 4.78 is 0. The lowest BCUT2D eigenvalue weighted by atomic mass is 9.79. The molecule has 0 aliphatic heterocycles. The van der Waals surface area contributed by atoms with Crippen molar-refractivity contribution in [2.75, 3.05) is 0 Å². The molecule has 0 aromatic rings. The van der Waals surface area contributed by atoms with Crippen molar-refractivity contribution in [3.63, 3.8) is 0 Å². The van der Waals surface area contributed by atoms with Gasteiger partial charge in [-0.05, 0) is 32.1 Å². The molecule has 0 atom stereocenters. The van der Waals surface area contributed by atoms with Crippen molar-refractivity contribution in [1.82, 2.24) is 0 Å². The van der Waals surface area contributed by atoms with Crippen LogP contribution in [0.5, 0.6) is 0 Å². The normalized spacial score (nSPS) is 21.1. The molecule has 0 spiro atoms. The molecular formula is C11H16O4. The largest absolute Gasteiger partial charge is 0.480 e. The maximum Gasteiger partial charge on any atom is 0.321 e. The molecule has 0 amide bonds. The minimum Gasteiger partial charge on any atom is -0.480 e. The van der Waals surface area contributed by atoms with E-state index in [1.165, 1.54) is 0 Å². The SMILES string of the molecule is O=C(O)C1(C(=O)O)CCC=CCCCC1. The Balaban J connectivity index is 2.87. The minimum absolute atomic E-state index is 0.189. The van der Waals surface area contributed by atoms with Crippen molar-refractivity contribution >= 4 is 11.9 Å². The second kappa shape index (κ2) is 4.96. The van der Waals surface area contributed by atoms with Crippen LogP contribution < -0.4 is 0 Å². The van der Waals surface area contributed by atoms with Crippen molar-refractivity contribution in [1.29, 1.82) is 0 Å². The summed E-state index contributed by atoms with van der Waals surface area (Å²) in [7, 11) is 0. The Morgan fingerprint density at radius 3 is 2.13 bits per heavy atom. The number of carboxylic acid groups (broad SMARTS) is 2. The molecule has 0 heterocycles. The molecule has 0 saturated carbocycles. The fourth-order valence-electron chi connectivity index (χ4n) is 1.90. The Labute approximate surface area is 88.6 Å². The molecule has 4 heteroatoms. The highest BCUT2D eigenvalue weighted by molar-refractivity contribution is 5.98. The Hall–Kier alpha value is -1.32. The first-order chi connectivity index (χ1) is 7.09. The molecule has 0 aromatic carbocycles. The number of rotatable bonds is 2. The third-order valence-corrected chi connectivity index (χ3v) is 2.95. The highest BCUT2D eigenvalue weighted by Gasteiger charge is 2.45. The van der Waals surface area contributed by atoms with Gasteiger partial charge in [0.05, 0.1) is 0 Å². The van der Waals surface area contributed by atoms with Crippen LogP contribution in [0.3, 0.4) is 0 Å². The van der Waals surface area contributed by atoms with E-state index >= 15 is 0 Å². The number of hydrogen-bond donors (Lipinski definition) is 2. The predicted octanol–water partition coefficient (Wildman–Crippen LogP) is 2.05. The molecule has 1 rings (SSSR count). The predicted molar refractivity (Wildman–Crippen MR) is 54.5 cm³/mol. The molecule has 4 nitrogen and oxygen atoms in total. The topological polar surface area (TPSA) is 74.6 Å². The van der Waals surface area contributed by atoms with E-state index < -0.39 is 17.4 Å². The number of carbonyl (C=O) groups is 2. The fraction of sp³-hybridized carbons (Fsp3) is 0.636. The molecule has 0 bridgehead atoms. The lowest BCUT2D eigenvalue weighted by molar-refractivity contribution is -0.165. The van der Waals surface area contributed by atoms with Gasteiger partial charge >= 0.3 is 11.9 Å². The molecule has 0 saturated heterocycles. The third kappa shape index (κ3) is 2.58. The van der Waals surface area contributed by atoms with Crippen molar-refractivity contribution < 1.29 is 19.8 Å². The van der Waals surface area contributed by atoms with Crippen LogP contribution in [0.4, 0.5) is 0 Å². The first-order valence-electron chi connectivity index (χ1n) is 5.21. The van der Waals surface area contributed by atoms with Gasteiger partial charge < -0.3 is 10.2 Å². The molecule has 1 aliphatic rings. The summed E-state index contributed by atoms with van der Waals surface area (Å²) in [6.07, 6.45) is 7.26. The highest BCUT2D eigenvalue weighted by atomic mass is 16.4. The maximum atomic E-state index is 11.1. The molecule has 84 valence electrons. The smallest absolute Gasteiger partial charge is 0.321 e. The average Bonchev–Trinajstić information content (AvgIpc) is 2.28. The molecule has 1 aliphatic carbocycles. The second-order valence-electron chi connectivity index (χ2n) is 3.95.